The summed E-state index contributed by atoms with van der Waals surface area (Å²) >= 11 is 0. The van der Waals surface area contributed by atoms with Crippen LogP contribution in [-0.2, 0) is 9.59 Å². The van der Waals surface area contributed by atoms with Crippen LogP contribution in [0.5, 0.6) is 0 Å². The number of hydrogen-bond acceptors (Lipinski definition) is 4. The van der Waals surface area contributed by atoms with Gasteiger partial charge in [-0.25, -0.2) is 4.79 Å². The smallest absolute Gasteiger partial charge is 0.244 e. The molecule has 0 bridgehead atoms. The summed E-state index contributed by atoms with van der Waals surface area (Å²) in [6.45, 7) is 1.55. The van der Waals surface area contributed by atoms with E-state index in [0.29, 0.717) is 0 Å². The molecule has 3 N–H and O–H groups in total. The third-order valence-electron chi connectivity index (χ3n) is 2.25. The summed E-state index contributed by atoms with van der Waals surface area (Å²) in [7, 11) is 0. The molecule has 1 atom stereocenters. The first-order valence-corrected chi connectivity index (χ1v) is 5.36. The lowest BCUT2D eigenvalue weighted by Gasteiger charge is -2.11. The van der Waals surface area contributed by atoms with Crippen molar-refractivity contribution in [3.8, 4) is 0 Å². The van der Waals surface area contributed by atoms with Gasteiger partial charge in [-0.1, -0.05) is 30.3 Å². The van der Waals surface area contributed by atoms with Crippen LogP contribution in [0.4, 0.5) is 0 Å². The Balaban J connectivity index is 2.57. The third kappa shape index (κ3) is 4.25. The van der Waals surface area contributed by atoms with Gasteiger partial charge in [-0.2, -0.15) is 0 Å². The van der Waals surface area contributed by atoms with Gasteiger partial charge in [0.1, 0.15) is 11.6 Å². The maximum Gasteiger partial charge on any atom is 0.244 e. The van der Waals surface area contributed by atoms with Crippen LogP contribution in [0.15, 0.2) is 42.1 Å². The fourth-order valence-electron chi connectivity index (χ4n) is 1.28. The van der Waals surface area contributed by atoms with Crippen LogP contribution >= 0.6 is 0 Å². The number of carbonyl (C=O) groups is 1. The fraction of sp³-hybridized carbons (Fsp3) is 0.154. The Morgan fingerprint density at radius 1 is 1.39 bits per heavy atom. The number of rotatable bonds is 5. The number of nitrogens with one attached hydrogen (secondary N) is 2. The van der Waals surface area contributed by atoms with Crippen molar-refractivity contribution in [2.45, 2.75) is 13.0 Å². The maximum atomic E-state index is 11.5. The molecule has 0 saturated carbocycles. The minimum atomic E-state index is -0.638. The second-order valence-electron chi connectivity index (χ2n) is 3.60. The highest BCUT2D eigenvalue weighted by molar-refractivity contribution is 5.92. The summed E-state index contributed by atoms with van der Waals surface area (Å²) in [5.41, 5.74) is 2.45. The van der Waals surface area contributed by atoms with Gasteiger partial charge in [0.15, 0.2) is 0 Å². The van der Waals surface area contributed by atoms with Gasteiger partial charge in [0, 0.05) is 6.08 Å². The van der Waals surface area contributed by atoms with E-state index in [0.717, 1.165) is 5.56 Å². The van der Waals surface area contributed by atoms with Crippen molar-refractivity contribution in [1.82, 2.24) is 10.8 Å². The van der Waals surface area contributed by atoms with E-state index in [-0.39, 0.29) is 11.6 Å². The summed E-state index contributed by atoms with van der Waals surface area (Å²) < 4.78 is 0. The molecule has 1 unspecified atom stereocenters. The molecule has 0 aromatic heterocycles. The lowest BCUT2D eigenvalue weighted by Crippen LogP contribution is -2.36. The van der Waals surface area contributed by atoms with E-state index >= 15 is 0 Å². The highest BCUT2D eigenvalue weighted by Gasteiger charge is 2.10. The molecule has 0 aliphatic heterocycles. The van der Waals surface area contributed by atoms with Crippen LogP contribution in [-0.4, -0.2) is 23.1 Å². The SMILES string of the molecule is CC(NC(=O)C=Cc1ccccc1)C(=C=O)NO. The van der Waals surface area contributed by atoms with E-state index < -0.39 is 6.04 Å². The van der Waals surface area contributed by atoms with Crippen molar-refractivity contribution < 1.29 is 14.8 Å². The van der Waals surface area contributed by atoms with E-state index in [9.17, 15) is 9.59 Å². The molecule has 0 saturated heterocycles. The number of amides is 1. The Bertz CT molecular complexity index is 476. The molecule has 1 rings (SSSR count). The van der Waals surface area contributed by atoms with Gasteiger partial charge in [-0.3, -0.25) is 15.5 Å². The highest BCUT2D eigenvalue weighted by Crippen LogP contribution is 2.01. The molecule has 1 aromatic rings. The Hall–Kier alpha value is -2.36. The van der Waals surface area contributed by atoms with Crippen LogP contribution in [0.1, 0.15) is 12.5 Å². The topological polar surface area (TPSA) is 78.4 Å². The predicted molar refractivity (Wildman–Crippen MR) is 67.2 cm³/mol. The minimum absolute atomic E-state index is 0.128. The molecule has 1 amide bonds. The number of benzene rings is 1. The van der Waals surface area contributed by atoms with Crippen molar-refractivity contribution in [2.75, 3.05) is 0 Å². The second kappa shape index (κ2) is 7.06. The molecular weight excluding hydrogens is 232 g/mol. The van der Waals surface area contributed by atoms with E-state index in [1.54, 1.807) is 18.5 Å². The Labute approximate surface area is 105 Å². The van der Waals surface area contributed by atoms with Gasteiger partial charge < -0.3 is 5.32 Å². The number of carbonyl (C=O) groups excluding carboxylic acids is 2. The predicted octanol–water partition coefficient (Wildman–Crippen LogP) is 0.899. The zero-order chi connectivity index (χ0) is 13.4. The summed E-state index contributed by atoms with van der Waals surface area (Å²) in [6.07, 6.45) is 3.00. The Morgan fingerprint density at radius 2 is 2.06 bits per heavy atom. The van der Waals surface area contributed by atoms with Gasteiger partial charge in [-0.05, 0) is 18.6 Å². The van der Waals surface area contributed by atoms with Gasteiger partial charge in [0.05, 0.1) is 6.04 Å². The molecular formula is C13H14N2O3. The standard InChI is InChI=1S/C13H14N2O3/c1-10(12(9-16)15-18)14-13(17)8-7-11-5-3-2-4-6-11/h2-8,10,15,18H,1H3,(H,14,17). The zero-order valence-electron chi connectivity index (χ0n) is 9.88. The monoisotopic (exact) mass is 246 g/mol. The van der Waals surface area contributed by atoms with Crippen LogP contribution in [0, 0.1) is 0 Å². The number of hydrogen-bond donors (Lipinski definition) is 3. The average molecular weight is 246 g/mol. The van der Waals surface area contributed by atoms with E-state index in [1.165, 1.54) is 12.0 Å². The molecule has 1 aromatic carbocycles. The van der Waals surface area contributed by atoms with Crippen molar-refractivity contribution in [2.24, 2.45) is 0 Å². The van der Waals surface area contributed by atoms with E-state index in [2.05, 4.69) is 5.32 Å². The average Bonchev–Trinajstić information content (AvgIpc) is 2.39. The lowest BCUT2D eigenvalue weighted by atomic mass is 10.2. The van der Waals surface area contributed by atoms with Crippen molar-refractivity contribution in [3.63, 3.8) is 0 Å². The molecule has 0 aliphatic carbocycles. The lowest BCUT2D eigenvalue weighted by molar-refractivity contribution is -0.116. The van der Waals surface area contributed by atoms with Crippen LogP contribution in [0.25, 0.3) is 6.08 Å². The zero-order valence-corrected chi connectivity index (χ0v) is 9.88. The van der Waals surface area contributed by atoms with Gasteiger partial charge >= 0.3 is 0 Å². The van der Waals surface area contributed by atoms with Crippen LogP contribution in [0.2, 0.25) is 0 Å². The van der Waals surface area contributed by atoms with Crippen molar-refractivity contribution >= 4 is 17.9 Å². The number of hydroxylamine groups is 1. The molecule has 0 fully saturated rings. The largest absolute Gasteiger partial charge is 0.344 e. The first-order valence-electron chi connectivity index (χ1n) is 5.36. The van der Waals surface area contributed by atoms with Gasteiger partial charge in [-0.15, -0.1) is 0 Å². The summed E-state index contributed by atoms with van der Waals surface area (Å²) in [5, 5.41) is 11.1. The molecule has 0 spiro atoms. The second-order valence-corrected chi connectivity index (χ2v) is 3.60. The molecule has 94 valence electrons. The minimum Gasteiger partial charge on any atom is -0.344 e. The highest BCUT2D eigenvalue weighted by atomic mass is 16.5. The summed E-state index contributed by atoms with van der Waals surface area (Å²) in [5.74, 6) is 1.13. The first kappa shape index (κ1) is 13.7. The summed E-state index contributed by atoms with van der Waals surface area (Å²) in [6, 6.07) is 8.69. The van der Waals surface area contributed by atoms with Gasteiger partial charge in [0.25, 0.3) is 0 Å². The third-order valence-corrected chi connectivity index (χ3v) is 2.25. The molecule has 5 nitrogen and oxygen atoms in total. The molecule has 0 radical (unpaired) electrons. The van der Waals surface area contributed by atoms with Crippen molar-refractivity contribution in [3.05, 3.63) is 47.7 Å². The Morgan fingerprint density at radius 3 is 2.61 bits per heavy atom. The molecule has 5 heteroatoms. The molecule has 18 heavy (non-hydrogen) atoms. The maximum absolute atomic E-state index is 11.5. The van der Waals surface area contributed by atoms with Gasteiger partial charge in [0.2, 0.25) is 5.91 Å². The fourth-order valence-corrected chi connectivity index (χ4v) is 1.28. The van der Waals surface area contributed by atoms with Crippen molar-refractivity contribution in [1.29, 1.82) is 0 Å². The Kier molecular flexibility index (Phi) is 5.38. The summed E-state index contributed by atoms with van der Waals surface area (Å²) in [4.78, 5) is 21.9. The molecule has 0 aliphatic rings. The van der Waals surface area contributed by atoms with Crippen LogP contribution < -0.4 is 10.8 Å². The normalized spacial score (nSPS) is 11.7. The first-order chi connectivity index (χ1) is 8.67. The van der Waals surface area contributed by atoms with E-state index in [4.69, 9.17) is 5.21 Å². The molecule has 0 heterocycles. The van der Waals surface area contributed by atoms with E-state index in [1.807, 2.05) is 30.3 Å². The van der Waals surface area contributed by atoms with Crippen LogP contribution in [0.3, 0.4) is 0 Å². The quantitative estimate of drug-likeness (QED) is 0.410.